The Morgan fingerprint density at radius 2 is 2.00 bits per heavy atom. The van der Waals surface area contributed by atoms with E-state index in [1.165, 1.54) is 6.20 Å². The van der Waals surface area contributed by atoms with E-state index in [0.717, 1.165) is 62.6 Å². The monoisotopic (exact) mass is 470 g/mol. The number of anilines is 1. The van der Waals surface area contributed by atoms with Crippen LogP contribution >= 0.6 is 0 Å². The molecular weight excluding hydrogens is 445 g/mol. The Morgan fingerprint density at radius 1 is 1.21 bits per heavy atom. The standard InChI is InChI=1S/C24H25F3N6O/c25-24(26,27)17-10-15(12-30-21(17)28)18-11-19-23(6-9-33(19)31-18)5-8-32(13-23)20(14-3-4-14)16-2-1-7-29-22(16)34/h1-2,7,10-12,14,20H,3-6,8-9,13H2,(H2,28,30)(H,29,34)/t20?,23-/m1/s1. The summed E-state index contributed by atoms with van der Waals surface area (Å²) in [6.45, 7) is 2.40. The van der Waals surface area contributed by atoms with Gasteiger partial charge in [0.05, 0.1) is 11.3 Å². The van der Waals surface area contributed by atoms with Gasteiger partial charge in [-0.25, -0.2) is 4.98 Å². The summed E-state index contributed by atoms with van der Waals surface area (Å²) < 4.78 is 41.9. The average Bonchev–Trinajstić information content (AvgIpc) is 3.24. The maximum Gasteiger partial charge on any atom is 0.419 e. The second kappa shape index (κ2) is 7.43. The maximum atomic E-state index is 13.3. The molecule has 5 heterocycles. The van der Waals surface area contributed by atoms with Crippen LogP contribution in [-0.4, -0.2) is 37.7 Å². The van der Waals surface area contributed by atoms with Crippen molar-refractivity contribution in [3.63, 3.8) is 0 Å². The first-order valence-corrected chi connectivity index (χ1v) is 11.6. The fourth-order valence-corrected chi connectivity index (χ4v) is 5.83. The maximum absolute atomic E-state index is 13.3. The Hall–Kier alpha value is -3.14. The third kappa shape index (κ3) is 3.43. The predicted octanol–water partition coefficient (Wildman–Crippen LogP) is 3.73. The summed E-state index contributed by atoms with van der Waals surface area (Å²) in [6.07, 6.45) is 2.54. The molecule has 1 unspecified atom stereocenters. The first-order chi connectivity index (χ1) is 16.2. The number of aryl methyl sites for hydroxylation is 1. The van der Waals surface area contributed by atoms with Crippen molar-refractivity contribution in [2.75, 3.05) is 18.8 Å². The van der Waals surface area contributed by atoms with Crippen molar-refractivity contribution in [1.29, 1.82) is 0 Å². The van der Waals surface area contributed by atoms with Crippen molar-refractivity contribution >= 4 is 5.82 Å². The van der Waals surface area contributed by atoms with Crippen LogP contribution in [0.5, 0.6) is 0 Å². The number of pyridine rings is 2. The number of alkyl halides is 3. The van der Waals surface area contributed by atoms with Crippen LogP contribution in [0.25, 0.3) is 11.3 Å². The predicted molar refractivity (Wildman–Crippen MR) is 120 cm³/mol. The highest BCUT2D eigenvalue weighted by Crippen LogP contribution is 2.50. The number of nitrogens with two attached hydrogens (primary N) is 1. The van der Waals surface area contributed by atoms with Crippen LogP contribution in [0.15, 0.2) is 41.5 Å². The molecule has 0 radical (unpaired) electrons. The van der Waals surface area contributed by atoms with E-state index in [-0.39, 0.29) is 17.0 Å². The van der Waals surface area contributed by atoms with Crippen molar-refractivity contribution in [3.8, 4) is 11.3 Å². The zero-order valence-electron chi connectivity index (χ0n) is 18.5. The molecule has 1 aliphatic carbocycles. The Bertz CT molecular complexity index is 1310. The Kier molecular flexibility index (Phi) is 4.68. The van der Waals surface area contributed by atoms with Gasteiger partial charge in [-0.2, -0.15) is 18.3 Å². The molecule has 0 amide bonds. The fourth-order valence-electron chi connectivity index (χ4n) is 5.83. The van der Waals surface area contributed by atoms with Crippen molar-refractivity contribution in [1.82, 2.24) is 24.6 Å². The topological polar surface area (TPSA) is 92.8 Å². The van der Waals surface area contributed by atoms with E-state index in [4.69, 9.17) is 5.73 Å². The van der Waals surface area contributed by atoms with Gasteiger partial charge in [0.25, 0.3) is 5.56 Å². The van der Waals surface area contributed by atoms with Gasteiger partial charge in [0, 0.05) is 53.8 Å². The quantitative estimate of drug-likeness (QED) is 0.606. The van der Waals surface area contributed by atoms with Crippen molar-refractivity contribution in [2.45, 2.75) is 49.9 Å². The number of rotatable bonds is 4. The van der Waals surface area contributed by atoms with Gasteiger partial charge in [0.2, 0.25) is 0 Å². The summed E-state index contributed by atoms with van der Waals surface area (Å²) in [4.78, 5) is 21.6. The molecule has 7 nitrogen and oxygen atoms in total. The molecule has 1 spiro atoms. The highest BCUT2D eigenvalue weighted by molar-refractivity contribution is 5.63. The number of halogens is 3. The van der Waals surface area contributed by atoms with E-state index < -0.39 is 17.6 Å². The van der Waals surface area contributed by atoms with Crippen LogP contribution < -0.4 is 11.3 Å². The number of likely N-dealkylation sites (tertiary alicyclic amines) is 1. The van der Waals surface area contributed by atoms with Gasteiger partial charge < -0.3 is 10.7 Å². The van der Waals surface area contributed by atoms with E-state index in [0.29, 0.717) is 17.2 Å². The molecule has 0 bridgehead atoms. The van der Waals surface area contributed by atoms with Crippen LogP contribution in [0.4, 0.5) is 19.0 Å². The molecule has 2 aliphatic heterocycles. The molecule has 0 aromatic carbocycles. The molecule has 2 fully saturated rings. The largest absolute Gasteiger partial charge is 0.419 e. The molecule has 3 aromatic heterocycles. The first-order valence-electron chi connectivity index (χ1n) is 11.6. The van der Waals surface area contributed by atoms with Gasteiger partial charge in [-0.05, 0) is 56.3 Å². The Balaban J connectivity index is 1.31. The number of nitrogens with zero attached hydrogens (tertiary/aromatic N) is 4. The lowest BCUT2D eigenvalue weighted by Gasteiger charge is -2.30. The number of aromatic nitrogens is 4. The van der Waals surface area contributed by atoms with Gasteiger partial charge in [-0.15, -0.1) is 0 Å². The number of nitrogen functional groups attached to an aromatic ring is 1. The molecule has 10 heteroatoms. The molecular formula is C24H25F3N6O. The Morgan fingerprint density at radius 3 is 2.74 bits per heavy atom. The molecule has 34 heavy (non-hydrogen) atoms. The molecule has 1 saturated heterocycles. The van der Waals surface area contributed by atoms with Crippen LogP contribution in [0.2, 0.25) is 0 Å². The van der Waals surface area contributed by atoms with Gasteiger partial charge in [-0.3, -0.25) is 14.4 Å². The van der Waals surface area contributed by atoms with Crippen molar-refractivity contribution in [3.05, 3.63) is 63.8 Å². The second-order valence-electron chi connectivity index (χ2n) is 9.78. The molecule has 3 aliphatic rings. The smallest absolute Gasteiger partial charge is 0.383 e. The molecule has 2 atom stereocenters. The fraction of sp³-hybridized carbons (Fsp3) is 0.458. The number of hydrogen-bond acceptors (Lipinski definition) is 5. The number of fused-ring (bicyclic) bond motifs is 2. The van der Waals surface area contributed by atoms with E-state index in [1.807, 2.05) is 22.9 Å². The third-order valence-corrected chi connectivity index (χ3v) is 7.66. The van der Waals surface area contributed by atoms with Gasteiger partial charge in [0.1, 0.15) is 5.82 Å². The van der Waals surface area contributed by atoms with E-state index in [2.05, 4.69) is 20.0 Å². The molecule has 3 aromatic rings. The lowest BCUT2D eigenvalue weighted by atomic mass is 9.82. The average molecular weight is 470 g/mol. The number of aromatic amines is 1. The highest BCUT2D eigenvalue weighted by Gasteiger charge is 2.49. The summed E-state index contributed by atoms with van der Waals surface area (Å²) in [5.41, 5.74) is 7.02. The van der Waals surface area contributed by atoms with Crippen LogP contribution in [0.1, 0.15) is 48.5 Å². The summed E-state index contributed by atoms with van der Waals surface area (Å²) in [5, 5.41) is 4.62. The lowest BCUT2D eigenvalue weighted by Crippen LogP contribution is -2.35. The number of hydrogen-bond donors (Lipinski definition) is 2. The van der Waals surface area contributed by atoms with Crippen LogP contribution in [-0.2, 0) is 18.1 Å². The van der Waals surface area contributed by atoms with E-state index in [9.17, 15) is 18.0 Å². The normalized spacial score (nSPS) is 23.5. The SMILES string of the molecule is Nc1ncc(-c2cc3n(n2)CC[C@@]32CCN(C(c3ccc[nH]c3=O)C3CC3)C2)cc1C(F)(F)F. The van der Waals surface area contributed by atoms with Crippen molar-refractivity contribution < 1.29 is 13.2 Å². The van der Waals surface area contributed by atoms with Gasteiger partial charge in [-0.1, -0.05) is 6.07 Å². The summed E-state index contributed by atoms with van der Waals surface area (Å²) in [5.74, 6) is -0.0462. The van der Waals surface area contributed by atoms with E-state index in [1.54, 1.807) is 6.20 Å². The zero-order valence-corrected chi connectivity index (χ0v) is 18.5. The third-order valence-electron chi connectivity index (χ3n) is 7.66. The summed E-state index contributed by atoms with van der Waals surface area (Å²) in [6, 6.07) is 6.83. The zero-order chi connectivity index (χ0) is 23.7. The van der Waals surface area contributed by atoms with Crippen molar-refractivity contribution in [2.24, 2.45) is 5.92 Å². The number of nitrogens with one attached hydrogen (secondary N) is 1. The minimum atomic E-state index is -4.57. The molecule has 6 rings (SSSR count). The van der Waals surface area contributed by atoms with Gasteiger partial charge in [0.15, 0.2) is 0 Å². The van der Waals surface area contributed by atoms with Crippen LogP contribution in [0.3, 0.4) is 0 Å². The van der Waals surface area contributed by atoms with E-state index >= 15 is 0 Å². The lowest BCUT2D eigenvalue weighted by molar-refractivity contribution is -0.137. The minimum absolute atomic E-state index is 0.0320. The molecule has 178 valence electrons. The first kappa shape index (κ1) is 21.4. The second-order valence-corrected chi connectivity index (χ2v) is 9.78. The minimum Gasteiger partial charge on any atom is -0.383 e. The summed E-state index contributed by atoms with van der Waals surface area (Å²) >= 11 is 0. The summed E-state index contributed by atoms with van der Waals surface area (Å²) in [7, 11) is 0. The van der Waals surface area contributed by atoms with Crippen LogP contribution in [0, 0.1) is 5.92 Å². The number of H-pyrrole nitrogens is 1. The Labute approximate surface area is 193 Å². The molecule has 1 saturated carbocycles. The molecule has 3 N–H and O–H groups in total. The van der Waals surface area contributed by atoms with Gasteiger partial charge >= 0.3 is 6.18 Å². The highest BCUT2D eigenvalue weighted by atomic mass is 19.4.